The Morgan fingerprint density at radius 1 is 1.31 bits per heavy atom. The van der Waals surface area contributed by atoms with Crippen molar-refractivity contribution in [2.24, 2.45) is 7.05 Å². The van der Waals surface area contributed by atoms with Crippen LogP contribution >= 0.6 is 23.4 Å². The van der Waals surface area contributed by atoms with E-state index in [0.717, 1.165) is 17.8 Å². The molecule has 0 aliphatic heterocycles. The Hall–Kier alpha value is -2.38. The fourth-order valence-electron chi connectivity index (χ4n) is 2.34. The first-order valence-corrected chi connectivity index (χ1v) is 9.01. The number of carbonyl (C=O) groups is 1. The highest BCUT2D eigenvalue weighted by atomic mass is 35.5. The number of aromatic nitrogens is 2. The summed E-state index contributed by atoms with van der Waals surface area (Å²) < 4.78 is 15.2. The van der Waals surface area contributed by atoms with Crippen molar-refractivity contribution in [3.8, 4) is 0 Å². The normalized spacial score (nSPS) is 12.2. The summed E-state index contributed by atoms with van der Waals surface area (Å²) in [5.41, 5.74) is 0.427. The van der Waals surface area contributed by atoms with Gasteiger partial charge in [0, 0.05) is 12.1 Å². The Kier molecular flexibility index (Phi) is 5.29. The smallest absolute Gasteiger partial charge is 0.261 e. The number of rotatable bonds is 4. The van der Waals surface area contributed by atoms with Crippen LogP contribution in [0.5, 0.6) is 0 Å². The van der Waals surface area contributed by atoms with Gasteiger partial charge in [-0.05, 0) is 37.3 Å². The molecule has 2 aromatic carbocycles. The molecule has 1 heterocycles. The molecule has 1 amide bonds. The molecule has 134 valence electrons. The Bertz CT molecular complexity index is 1050. The minimum atomic E-state index is -0.612. The third-order valence-corrected chi connectivity index (χ3v) is 5.16. The monoisotopic (exact) mass is 391 g/mol. The quantitative estimate of drug-likeness (QED) is 0.542. The molecule has 0 saturated heterocycles. The standard InChI is InChI=1S/C18H15ClFN3O2S/c1-10(16(24)21-15-8-7-11(19)9-13(15)20)26-18-22-14-6-4-3-5-12(14)17(25)23(18)2/h3-10H,1-2H3,(H,21,24). The van der Waals surface area contributed by atoms with E-state index in [1.165, 1.54) is 16.7 Å². The number of benzene rings is 2. The van der Waals surface area contributed by atoms with Gasteiger partial charge < -0.3 is 5.32 Å². The van der Waals surface area contributed by atoms with Gasteiger partial charge in [-0.2, -0.15) is 0 Å². The topological polar surface area (TPSA) is 64.0 Å². The van der Waals surface area contributed by atoms with Crippen molar-refractivity contribution in [3.63, 3.8) is 0 Å². The molecule has 1 N–H and O–H groups in total. The van der Waals surface area contributed by atoms with Gasteiger partial charge in [-0.1, -0.05) is 35.5 Å². The number of carbonyl (C=O) groups excluding carboxylic acids is 1. The summed E-state index contributed by atoms with van der Waals surface area (Å²) in [6.45, 7) is 1.66. The van der Waals surface area contributed by atoms with Crippen LogP contribution in [0.4, 0.5) is 10.1 Å². The lowest BCUT2D eigenvalue weighted by Crippen LogP contribution is -2.26. The molecular weight excluding hydrogens is 377 g/mol. The van der Waals surface area contributed by atoms with E-state index in [1.807, 2.05) is 0 Å². The number of nitrogens with one attached hydrogen (secondary N) is 1. The number of fused-ring (bicyclic) bond motifs is 1. The summed E-state index contributed by atoms with van der Waals surface area (Å²) in [5.74, 6) is -1.02. The Balaban J connectivity index is 1.82. The van der Waals surface area contributed by atoms with Crippen molar-refractivity contribution in [3.05, 3.63) is 63.7 Å². The predicted octanol–water partition coefficient (Wildman–Crippen LogP) is 3.85. The zero-order valence-corrected chi connectivity index (χ0v) is 15.6. The van der Waals surface area contributed by atoms with Crippen molar-refractivity contribution < 1.29 is 9.18 Å². The van der Waals surface area contributed by atoms with Crippen LogP contribution in [-0.4, -0.2) is 20.7 Å². The molecule has 0 aliphatic carbocycles. The van der Waals surface area contributed by atoms with Crippen LogP contribution in [0.25, 0.3) is 10.9 Å². The summed E-state index contributed by atoms with van der Waals surface area (Å²) in [7, 11) is 1.60. The van der Waals surface area contributed by atoms with Gasteiger partial charge in [0.25, 0.3) is 5.56 Å². The largest absolute Gasteiger partial charge is 0.323 e. The van der Waals surface area contributed by atoms with Crippen LogP contribution in [0.3, 0.4) is 0 Å². The van der Waals surface area contributed by atoms with Gasteiger partial charge in [0.15, 0.2) is 5.16 Å². The second kappa shape index (κ2) is 7.47. The Labute approximate surface area is 158 Å². The molecule has 1 unspecified atom stereocenters. The number of halogens is 2. The molecule has 3 rings (SSSR count). The first-order chi connectivity index (χ1) is 12.4. The molecule has 5 nitrogen and oxygen atoms in total. The zero-order chi connectivity index (χ0) is 18.8. The molecular formula is C18H15ClFN3O2S. The van der Waals surface area contributed by atoms with E-state index < -0.39 is 17.0 Å². The van der Waals surface area contributed by atoms with E-state index in [1.54, 1.807) is 38.2 Å². The number of amides is 1. The fourth-order valence-corrected chi connectivity index (χ4v) is 3.37. The lowest BCUT2D eigenvalue weighted by molar-refractivity contribution is -0.115. The molecule has 0 saturated carbocycles. The lowest BCUT2D eigenvalue weighted by Gasteiger charge is -2.14. The zero-order valence-electron chi connectivity index (χ0n) is 14.0. The molecule has 0 bridgehead atoms. The van der Waals surface area contributed by atoms with Crippen LogP contribution in [0, 0.1) is 5.82 Å². The number of para-hydroxylation sites is 1. The summed E-state index contributed by atoms with van der Waals surface area (Å²) in [6, 6.07) is 11.0. The van der Waals surface area contributed by atoms with E-state index in [9.17, 15) is 14.0 Å². The van der Waals surface area contributed by atoms with E-state index in [2.05, 4.69) is 10.3 Å². The van der Waals surface area contributed by atoms with Crippen LogP contribution < -0.4 is 10.9 Å². The predicted molar refractivity (Wildman–Crippen MR) is 102 cm³/mol. The molecule has 26 heavy (non-hydrogen) atoms. The maximum atomic E-state index is 13.8. The third kappa shape index (κ3) is 3.73. The number of hydrogen-bond acceptors (Lipinski definition) is 4. The lowest BCUT2D eigenvalue weighted by atomic mass is 10.2. The average molecular weight is 392 g/mol. The summed E-state index contributed by atoms with van der Waals surface area (Å²) >= 11 is 6.83. The second-order valence-corrected chi connectivity index (χ2v) is 7.39. The van der Waals surface area contributed by atoms with Gasteiger partial charge in [0.05, 0.1) is 21.8 Å². The molecule has 1 atom stereocenters. The van der Waals surface area contributed by atoms with E-state index >= 15 is 0 Å². The Morgan fingerprint density at radius 3 is 2.77 bits per heavy atom. The fraction of sp³-hybridized carbons (Fsp3) is 0.167. The van der Waals surface area contributed by atoms with Gasteiger partial charge in [0.1, 0.15) is 5.82 Å². The van der Waals surface area contributed by atoms with E-state index in [-0.39, 0.29) is 16.3 Å². The van der Waals surface area contributed by atoms with Crippen molar-refractivity contribution >= 4 is 45.9 Å². The maximum absolute atomic E-state index is 13.8. The number of thioether (sulfide) groups is 1. The SMILES string of the molecule is CC(Sc1nc2ccccc2c(=O)n1C)C(=O)Nc1ccc(Cl)cc1F. The summed E-state index contributed by atoms with van der Waals surface area (Å²) in [4.78, 5) is 29.2. The van der Waals surface area contributed by atoms with Gasteiger partial charge in [-0.15, -0.1) is 0 Å². The van der Waals surface area contributed by atoms with E-state index in [0.29, 0.717) is 16.1 Å². The Morgan fingerprint density at radius 2 is 2.04 bits per heavy atom. The minimum Gasteiger partial charge on any atom is -0.323 e. The number of anilines is 1. The third-order valence-electron chi connectivity index (χ3n) is 3.78. The van der Waals surface area contributed by atoms with Crippen LogP contribution in [0.1, 0.15) is 6.92 Å². The first-order valence-electron chi connectivity index (χ1n) is 7.75. The summed E-state index contributed by atoms with van der Waals surface area (Å²) in [5, 5.41) is 3.10. The highest BCUT2D eigenvalue weighted by molar-refractivity contribution is 8.00. The molecule has 8 heteroatoms. The molecule has 0 aliphatic rings. The molecule has 0 spiro atoms. The van der Waals surface area contributed by atoms with Gasteiger partial charge in [-0.3, -0.25) is 14.2 Å². The van der Waals surface area contributed by atoms with Crippen LogP contribution in [0.15, 0.2) is 52.4 Å². The van der Waals surface area contributed by atoms with Crippen molar-refractivity contribution in [2.45, 2.75) is 17.3 Å². The van der Waals surface area contributed by atoms with Gasteiger partial charge >= 0.3 is 0 Å². The van der Waals surface area contributed by atoms with E-state index in [4.69, 9.17) is 11.6 Å². The number of hydrogen-bond donors (Lipinski definition) is 1. The average Bonchev–Trinajstić information content (AvgIpc) is 2.61. The van der Waals surface area contributed by atoms with Crippen LogP contribution in [0.2, 0.25) is 5.02 Å². The van der Waals surface area contributed by atoms with Crippen LogP contribution in [-0.2, 0) is 11.8 Å². The van der Waals surface area contributed by atoms with Crippen molar-refractivity contribution in [1.29, 1.82) is 0 Å². The van der Waals surface area contributed by atoms with Crippen molar-refractivity contribution in [2.75, 3.05) is 5.32 Å². The minimum absolute atomic E-state index is 0.0483. The first kappa shape index (κ1) is 18.4. The number of nitrogens with zero attached hydrogens (tertiary/aromatic N) is 2. The van der Waals surface area contributed by atoms with Gasteiger partial charge in [0.2, 0.25) is 5.91 Å². The maximum Gasteiger partial charge on any atom is 0.261 e. The van der Waals surface area contributed by atoms with Gasteiger partial charge in [-0.25, -0.2) is 9.37 Å². The molecule has 0 fully saturated rings. The highest BCUT2D eigenvalue weighted by Crippen LogP contribution is 2.24. The summed E-state index contributed by atoms with van der Waals surface area (Å²) in [6.07, 6.45) is 0. The molecule has 3 aromatic rings. The highest BCUT2D eigenvalue weighted by Gasteiger charge is 2.19. The van der Waals surface area contributed by atoms with Crippen molar-refractivity contribution in [1.82, 2.24) is 9.55 Å². The molecule has 0 radical (unpaired) electrons. The second-order valence-electron chi connectivity index (χ2n) is 5.65. The molecule has 1 aromatic heterocycles.